The van der Waals surface area contributed by atoms with Gasteiger partial charge in [0.05, 0.1) is 12.3 Å². The van der Waals surface area contributed by atoms with Crippen LogP contribution in [0.1, 0.15) is 38.1 Å². The van der Waals surface area contributed by atoms with Crippen molar-refractivity contribution in [1.29, 1.82) is 5.26 Å². The first-order chi connectivity index (χ1) is 12.2. The van der Waals surface area contributed by atoms with E-state index in [0.29, 0.717) is 29.5 Å². The van der Waals surface area contributed by atoms with E-state index in [-0.39, 0.29) is 5.41 Å². The summed E-state index contributed by atoms with van der Waals surface area (Å²) >= 11 is 0. The number of hydrogen-bond donors (Lipinski definition) is 1. The first-order valence-electron chi connectivity index (χ1n) is 8.52. The normalized spacial score (nSPS) is 16.7. The molecule has 1 aromatic heterocycles. The number of anilines is 2. The maximum Gasteiger partial charge on any atom is 0.191 e. The van der Waals surface area contributed by atoms with Gasteiger partial charge in [-0.2, -0.15) is 10.4 Å². The quantitative estimate of drug-likeness (QED) is 0.919. The fourth-order valence-corrected chi connectivity index (χ4v) is 2.99. The predicted molar refractivity (Wildman–Crippen MR) is 102 cm³/mol. The Hall–Kier alpha value is -2.85. The van der Waals surface area contributed by atoms with Crippen molar-refractivity contribution < 1.29 is 5.11 Å². The highest BCUT2D eigenvalue weighted by atomic mass is 16.3. The molecule has 1 atom stereocenters. The van der Waals surface area contributed by atoms with E-state index in [1.165, 1.54) is 4.68 Å². The van der Waals surface area contributed by atoms with Crippen LogP contribution < -0.4 is 9.91 Å². The largest absolute Gasteiger partial charge is 0.367 e. The highest BCUT2D eigenvalue weighted by molar-refractivity contribution is 5.94. The van der Waals surface area contributed by atoms with E-state index in [1.54, 1.807) is 9.91 Å². The summed E-state index contributed by atoms with van der Waals surface area (Å²) in [5.74, 6) is 1.03. The second kappa shape index (κ2) is 6.46. The fourth-order valence-electron chi connectivity index (χ4n) is 2.99. The molecule has 0 bridgehead atoms. The lowest BCUT2D eigenvalue weighted by atomic mass is 9.88. The van der Waals surface area contributed by atoms with Gasteiger partial charge in [-0.3, -0.25) is 0 Å². The van der Waals surface area contributed by atoms with Crippen LogP contribution in [0.4, 0.5) is 11.6 Å². The zero-order valence-corrected chi connectivity index (χ0v) is 15.8. The molecular weight excluding hydrogens is 328 g/mol. The van der Waals surface area contributed by atoms with Gasteiger partial charge in [0, 0.05) is 19.5 Å². The molecule has 26 heavy (non-hydrogen) atoms. The van der Waals surface area contributed by atoms with Crippen LogP contribution in [-0.4, -0.2) is 34.7 Å². The Kier molecular flexibility index (Phi) is 4.46. The molecule has 1 N–H and O–H groups in total. The van der Waals surface area contributed by atoms with Gasteiger partial charge in [-0.25, -0.2) is 9.69 Å². The van der Waals surface area contributed by atoms with Gasteiger partial charge in [0.2, 0.25) is 0 Å². The average molecular weight is 352 g/mol. The number of aliphatic hydroxyl groups excluding tert-OH is 1. The standard InChI is InChI=1S/C19H24N6O/c1-19(2,3)15-18(26)25-17(14(11-20)16(22-25)23(4)5)24(21-15)12-13-9-7-6-8-10-13/h6-10,18,26H,12H2,1-5H3. The van der Waals surface area contributed by atoms with E-state index in [9.17, 15) is 10.4 Å². The minimum atomic E-state index is -1.00. The number of nitrogens with zero attached hydrogens (tertiary/aromatic N) is 6. The van der Waals surface area contributed by atoms with Crippen molar-refractivity contribution in [1.82, 2.24) is 9.78 Å². The average Bonchev–Trinajstić information content (AvgIpc) is 2.98. The number of rotatable bonds is 3. The van der Waals surface area contributed by atoms with Gasteiger partial charge in [-0.1, -0.05) is 51.1 Å². The molecule has 7 heteroatoms. The van der Waals surface area contributed by atoms with Gasteiger partial charge < -0.3 is 10.0 Å². The first kappa shape index (κ1) is 18.0. The van der Waals surface area contributed by atoms with Crippen LogP contribution in [0.2, 0.25) is 0 Å². The SMILES string of the molecule is CN(C)c1nn2c(c1C#N)N(Cc1ccccc1)N=C(C(C)(C)C)C2O. The lowest BCUT2D eigenvalue weighted by Crippen LogP contribution is -2.39. The van der Waals surface area contributed by atoms with Gasteiger partial charge >= 0.3 is 0 Å². The molecule has 2 heterocycles. The lowest BCUT2D eigenvalue weighted by Gasteiger charge is -2.34. The number of fused-ring (bicyclic) bond motifs is 1. The third-order valence-corrected chi connectivity index (χ3v) is 4.29. The van der Waals surface area contributed by atoms with Crippen molar-refractivity contribution in [2.45, 2.75) is 33.5 Å². The zero-order chi connectivity index (χ0) is 19.1. The van der Waals surface area contributed by atoms with Gasteiger partial charge in [0.25, 0.3) is 0 Å². The monoisotopic (exact) mass is 352 g/mol. The number of hydrogen-bond acceptors (Lipinski definition) is 6. The Morgan fingerprint density at radius 3 is 2.42 bits per heavy atom. The lowest BCUT2D eigenvalue weighted by molar-refractivity contribution is 0.146. The van der Waals surface area contributed by atoms with Crippen molar-refractivity contribution in [3.63, 3.8) is 0 Å². The summed E-state index contributed by atoms with van der Waals surface area (Å²) < 4.78 is 1.50. The number of nitriles is 1. The van der Waals surface area contributed by atoms with E-state index in [0.717, 1.165) is 5.56 Å². The highest BCUT2D eigenvalue weighted by Gasteiger charge is 2.38. The second-order valence-corrected chi connectivity index (χ2v) is 7.63. The Morgan fingerprint density at radius 2 is 1.88 bits per heavy atom. The molecular formula is C19H24N6O. The summed E-state index contributed by atoms with van der Waals surface area (Å²) in [4.78, 5) is 1.77. The van der Waals surface area contributed by atoms with Crippen LogP contribution in [0, 0.1) is 16.7 Å². The Labute approximate surface area is 153 Å². The van der Waals surface area contributed by atoms with Gasteiger partial charge in [0.15, 0.2) is 17.9 Å². The first-order valence-corrected chi connectivity index (χ1v) is 8.52. The number of aliphatic hydroxyl groups is 1. The summed E-state index contributed by atoms with van der Waals surface area (Å²) in [6.45, 7) is 6.49. The fraction of sp³-hybridized carbons (Fsp3) is 0.421. The summed E-state index contributed by atoms with van der Waals surface area (Å²) in [6, 6.07) is 12.1. The van der Waals surface area contributed by atoms with Gasteiger partial charge in [-0.05, 0) is 5.56 Å². The Balaban J connectivity index is 2.17. The van der Waals surface area contributed by atoms with Crippen LogP contribution in [0.25, 0.3) is 0 Å². The molecule has 7 nitrogen and oxygen atoms in total. The highest BCUT2D eigenvalue weighted by Crippen LogP contribution is 2.38. The maximum atomic E-state index is 10.9. The van der Waals surface area contributed by atoms with Crippen LogP contribution in [-0.2, 0) is 6.54 Å². The van der Waals surface area contributed by atoms with Crippen molar-refractivity contribution in [2.24, 2.45) is 10.5 Å². The van der Waals surface area contributed by atoms with Crippen molar-refractivity contribution in [2.75, 3.05) is 24.0 Å². The third kappa shape index (κ3) is 3.04. The van der Waals surface area contributed by atoms with Crippen molar-refractivity contribution in [3.8, 4) is 6.07 Å². The molecule has 0 radical (unpaired) electrons. The Morgan fingerprint density at radius 1 is 1.23 bits per heavy atom. The molecule has 0 saturated heterocycles. The molecule has 1 unspecified atom stereocenters. The van der Waals surface area contributed by atoms with Crippen molar-refractivity contribution in [3.05, 3.63) is 41.5 Å². The molecule has 2 aromatic rings. The van der Waals surface area contributed by atoms with E-state index in [1.807, 2.05) is 65.2 Å². The molecule has 3 rings (SSSR count). The van der Waals surface area contributed by atoms with Gasteiger partial charge in [0.1, 0.15) is 11.6 Å². The molecule has 0 aliphatic carbocycles. The van der Waals surface area contributed by atoms with Crippen molar-refractivity contribution >= 4 is 17.3 Å². The molecule has 136 valence electrons. The second-order valence-electron chi connectivity index (χ2n) is 7.63. The maximum absolute atomic E-state index is 10.9. The minimum Gasteiger partial charge on any atom is -0.367 e. The third-order valence-electron chi connectivity index (χ3n) is 4.29. The topological polar surface area (TPSA) is 80.7 Å². The molecule has 1 aliphatic rings. The molecule has 0 amide bonds. The van der Waals surface area contributed by atoms with Crippen LogP contribution in [0.3, 0.4) is 0 Å². The minimum absolute atomic E-state index is 0.344. The van der Waals surface area contributed by atoms with E-state index < -0.39 is 6.23 Å². The van der Waals surface area contributed by atoms with Crippen LogP contribution >= 0.6 is 0 Å². The number of benzene rings is 1. The molecule has 1 aromatic carbocycles. The number of hydrazone groups is 1. The predicted octanol–water partition coefficient (Wildman–Crippen LogP) is 2.73. The Bertz CT molecular complexity index is 870. The summed E-state index contributed by atoms with van der Waals surface area (Å²) in [7, 11) is 3.66. The van der Waals surface area contributed by atoms with Crippen LogP contribution in [0.5, 0.6) is 0 Å². The van der Waals surface area contributed by atoms with E-state index >= 15 is 0 Å². The van der Waals surface area contributed by atoms with Gasteiger partial charge in [-0.15, -0.1) is 5.10 Å². The molecule has 0 fully saturated rings. The summed E-state index contributed by atoms with van der Waals surface area (Å²) in [6.07, 6.45) is -1.00. The number of aromatic nitrogens is 2. The zero-order valence-electron chi connectivity index (χ0n) is 15.8. The van der Waals surface area contributed by atoms with E-state index in [2.05, 4.69) is 11.2 Å². The smallest absolute Gasteiger partial charge is 0.191 e. The van der Waals surface area contributed by atoms with Crippen LogP contribution in [0.15, 0.2) is 35.4 Å². The molecule has 1 aliphatic heterocycles. The van der Waals surface area contributed by atoms with E-state index in [4.69, 9.17) is 5.10 Å². The molecule has 0 saturated carbocycles. The summed E-state index contributed by atoms with van der Waals surface area (Å²) in [5.41, 5.74) is 1.73. The molecule has 0 spiro atoms. The summed E-state index contributed by atoms with van der Waals surface area (Å²) in [5, 5.41) is 31.6.